The van der Waals surface area contributed by atoms with E-state index >= 15 is 0 Å². The summed E-state index contributed by atoms with van der Waals surface area (Å²) in [5.41, 5.74) is 4.02. The molecule has 0 aliphatic carbocycles. The molecule has 1 fully saturated rings. The van der Waals surface area contributed by atoms with E-state index in [1.807, 2.05) is 41.4 Å². The molecule has 2 amide bonds. The van der Waals surface area contributed by atoms with Crippen LogP contribution in [0.1, 0.15) is 35.6 Å². The molecule has 36 heavy (non-hydrogen) atoms. The van der Waals surface area contributed by atoms with E-state index in [0.29, 0.717) is 43.0 Å². The van der Waals surface area contributed by atoms with Crippen LogP contribution < -0.4 is 26.8 Å². The largest absolute Gasteiger partial charge is 0.412 e. The number of nitrogens with one attached hydrogen (secondary N) is 2. The fraction of sp³-hybridized carbons (Fsp3) is 0.280. The molecule has 4 N–H and O–H groups in total. The van der Waals surface area contributed by atoms with Crippen molar-refractivity contribution < 1.29 is 9.63 Å². The maximum absolute atomic E-state index is 12.9. The van der Waals surface area contributed by atoms with Gasteiger partial charge in [0.15, 0.2) is 5.65 Å². The van der Waals surface area contributed by atoms with Gasteiger partial charge in [-0.3, -0.25) is 4.98 Å². The Kier molecular flexibility index (Phi) is 6.99. The summed E-state index contributed by atoms with van der Waals surface area (Å²) in [4.78, 5) is 28.5. The van der Waals surface area contributed by atoms with Crippen molar-refractivity contribution in [3.05, 3.63) is 77.9 Å². The lowest BCUT2D eigenvalue weighted by Crippen LogP contribution is -2.44. The third-order valence-corrected chi connectivity index (χ3v) is 6.35. The van der Waals surface area contributed by atoms with Crippen LogP contribution in [0.2, 0.25) is 0 Å². The lowest BCUT2D eigenvalue weighted by molar-refractivity contribution is 0.178. The number of fused-ring (bicyclic) bond motifs is 1. The van der Waals surface area contributed by atoms with Crippen molar-refractivity contribution in [2.24, 2.45) is 5.90 Å². The minimum atomic E-state index is -0.0984. The zero-order valence-electron chi connectivity index (χ0n) is 19.8. The van der Waals surface area contributed by atoms with Crippen LogP contribution in [-0.2, 0) is 13.1 Å². The lowest BCUT2D eigenvalue weighted by Gasteiger charge is -2.32. The number of aromatic nitrogens is 4. The predicted octanol–water partition coefficient (Wildman–Crippen LogP) is 1.87. The van der Waals surface area contributed by atoms with E-state index in [2.05, 4.69) is 20.7 Å². The Hall–Kier alpha value is -4.12. The molecule has 4 heterocycles. The van der Waals surface area contributed by atoms with Crippen molar-refractivity contribution in [2.75, 3.05) is 18.4 Å². The fourth-order valence-corrected chi connectivity index (χ4v) is 4.41. The molecule has 3 aromatic heterocycles. The van der Waals surface area contributed by atoms with Crippen LogP contribution in [0.5, 0.6) is 5.75 Å². The topological polar surface area (TPSA) is 123 Å². The van der Waals surface area contributed by atoms with Gasteiger partial charge < -0.3 is 20.4 Å². The molecule has 4 aromatic rings. The van der Waals surface area contributed by atoms with Gasteiger partial charge in [0, 0.05) is 56.8 Å². The molecule has 1 aliphatic heterocycles. The molecule has 1 saturated heterocycles. The minimum Gasteiger partial charge on any atom is -0.412 e. The van der Waals surface area contributed by atoms with Crippen molar-refractivity contribution in [1.29, 1.82) is 0 Å². The Balaban J connectivity index is 1.29. The van der Waals surface area contributed by atoms with Gasteiger partial charge >= 0.3 is 6.03 Å². The number of hydrogen-bond acceptors (Lipinski definition) is 7. The maximum atomic E-state index is 12.9. The molecule has 0 spiro atoms. The van der Waals surface area contributed by atoms with Crippen molar-refractivity contribution in [3.63, 3.8) is 0 Å². The summed E-state index contributed by atoms with van der Waals surface area (Å²) in [6, 6.07) is 13.1. The van der Waals surface area contributed by atoms with Crippen LogP contribution in [0.15, 0.2) is 61.1 Å². The van der Waals surface area contributed by atoms with Gasteiger partial charge in [0.25, 0.3) is 0 Å². The number of urea groups is 1. The summed E-state index contributed by atoms with van der Waals surface area (Å²) in [5, 5.41) is 10.8. The van der Waals surface area contributed by atoms with Gasteiger partial charge in [-0.05, 0) is 47.6 Å². The van der Waals surface area contributed by atoms with Crippen LogP contribution in [0.25, 0.3) is 5.65 Å². The fourth-order valence-electron chi connectivity index (χ4n) is 4.41. The van der Waals surface area contributed by atoms with E-state index in [1.54, 1.807) is 29.0 Å². The van der Waals surface area contributed by atoms with Crippen molar-refractivity contribution >= 4 is 30.8 Å². The lowest BCUT2D eigenvalue weighted by atomic mass is 9.94. The predicted molar refractivity (Wildman–Crippen MR) is 137 cm³/mol. The number of amides is 2. The number of piperidine rings is 1. The summed E-state index contributed by atoms with van der Waals surface area (Å²) in [7, 11) is 6.17. The van der Waals surface area contributed by atoms with Crippen molar-refractivity contribution in [3.8, 4) is 5.75 Å². The van der Waals surface area contributed by atoms with Crippen molar-refractivity contribution in [2.45, 2.75) is 31.8 Å². The standard InChI is InChI=1S/C25H27BN8O2/c26-21-15-31-34-23(29-14-18-3-1-9-28-12-18)11-22(32-24(21)34)19-4-2-10-33(16-19)25(35)30-13-17-5-7-20(36-27)8-6-17/h1,3,5-9,11-12,15,19,29H,2,4,10,13-14,16,27H2,(H,30,35). The first-order valence-electron chi connectivity index (χ1n) is 11.9. The molecule has 0 saturated carbocycles. The molecule has 2 radical (unpaired) electrons. The number of hydrogen-bond donors (Lipinski definition) is 3. The maximum Gasteiger partial charge on any atom is 0.317 e. The van der Waals surface area contributed by atoms with Gasteiger partial charge in [-0.15, -0.1) is 0 Å². The molecular formula is C25H27BN8O2. The first kappa shape index (κ1) is 23.6. The Labute approximate surface area is 210 Å². The number of rotatable bonds is 7. The number of benzene rings is 1. The Morgan fingerprint density at radius 1 is 1.17 bits per heavy atom. The number of carbonyl (C=O) groups excluding carboxylic acids is 1. The average Bonchev–Trinajstić information content (AvgIpc) is 3.31. The number of nitrogens with zero attached hydrogens (tertiary/aromatic N) is 5. The van der Waals surface area contributed by atoms with Crippen LogP contribution in [0, 0.1) is 0 Å². The van der Waals surface area contributed by atoms with Crippen LogP contribution in [0.4, 0.5) is 10.6 Å². The first-order chi connectivity index (χ1) is 17.6. The zero-order chi connectivity index (χ0) is 24.9. The average molecular weight is 482 g/mol. The van der Waals surface area contributed by atoms with Gasteiger partial charge in [-0.25, -0.2) is 9.78 Å². The normalized spacial score (nSPS) is 15.6. The van der Waals surface area contributed by atoms with Gasteiger partial charge in [0.05, 0.1) is 5.69 Å². The Bertz CT molecular complexity index is 1330. The second-order valence-corrected chi connectivity index (χ2v) is 8.82. The van der Waals surface area contributed by atoms with E-state index in [1.165, 1.54) is 0 Å². The number of anilines is 1. The van der Waals surface area contributed by atoms with Gasteiger partial charge in [-0.2, -0.15) is 15.5 Å². The number of nitrogens with two attached hydrogens (primary N) is 1. The van der Waals surface area contributed by atoms with Gasteiger partial charge in [0.2, 0.25) is 0 Å². The summed E-state index contributed by atoms with van der Waals surface area (Å²) in [5.74, 6) is 6.62. The van der Waals surface area contributed by atoms with E-state index in [4.69, 9.17) is 23.6 Å². The molecule has 1 aliphatic rings. The van der Waals surface area contributed by atoms with Gasteiger partial charge in [0.1, 0.15) is 19.4 Å². The minimum absolute atomic E-state index is 0.0868. The van der Waals surface area contributed by atoms with E-state index in [-0.39, 0.29) is 11.9 Å². The summed E-state index contributed by atoms with van der Waals surface area (Å²) in [6.45, 7) is 2.28. The molecule has 1 aromatic carbocycles. The van der Waals surface area contributed by atoms with Crippen LogP contribution in [-0.4, -0.2) is 51.4 Å². The van der Waals surface area contributed by atoms with Crippen LogP contribution in [0.3, 0.4) is 0 Å². The van der Waals surface area contributed by atoms with E-state index < -0.39 is 0 Å². The molecule has 1 atom stereocenters. The van der Waals surface area contributed by atoms with E-state index in [0.717, 1.165) is 35.5 Å². The first-order valence-corrected chi connectivity index (χ1v) is 11.9. The molecule has 1 unspecified atom stereocenters. The zero-order valence-corrected chi connectivity index (χ0v) is 19.8. The second kappa shape index (κ2) is 10.7. The monoisotopic (exact) mass is 482 g/mol. The highest BCUT2D eigenvalue weighted by molar-refractivity contribution is 6.36. The van der Waals surface area contributed by atoms with Gasteiger partial charge in [-0.1, -0.05) is 18.2 Å². The SMILES string of the molecule is [B]c1cnn2c(NCc3cccnc3)cc(C3CCCN(C(=O)NCc4ccc(ON)cc4)C3)nc12. The summed E-state index contributed by atoms with van der Waals surface area (Å²) >= 11 is 0. The molecule has 182 valence electrons. The van der Waals surface area contributed by atoms with Crippen molar-refractivity contribution in [1.82, 2.24) is 29.8 Å². The third-order valence-electron chi connectivity index (χ3n) is 6.35. The molecule has 5 rings (SSSR count). The van der Waals surface area contributed by atoms with Crippen LogP contribution >= 0.6 is 0 Å². The second-order valence-electron chi connectivity index (χ2n) is 8.82. The highest BCUT2D eigenvalue weighted by Crippen LogP contribution is 2.28. The number of likely N-dealkylation sites (tertiary alicyclic amines) is 1. The highest BCUT2D eigenvalue weighted by Gasteiger charge is 2.26. The summed E-state index contributed by atoms with van der Waals surface area (Å²) in [6.07, 6.45) is 7.00. The quantitative estimate of drug-likeness (QED) is 0.272. The number of carbonyl (C=O) groups is 1. The third kappa shape index (κ3) is 5.25. The Morgan fingerprint density at radius 2 is 2.03 bits per heavy atom. The molecule has 10 nitrogen and oxygen atoms in total. The van der Waals surface area contributed by atoms with E-state index in [9.17, 15) is 4.79 Å². The molecular weight excluding hydrogens is 455 g/mol. The summed E-state index contributed by atoms with van der Waals surface area (Å²) < 4.78 is 1.71. The Morgan fingerprint density at radius 3 is 2.81 bits per heavy atom. The highest BCUT2D eigenvalue weighted by atomic mass is 16.6. The molecule has 0 bridgehead atoms. The number of pyridine rings is 1. The molecule has 11 heteroatoms. The smallest absolute Gasteiger partial charge is 0.317 e.